The van der Waals surface area contributed by atoms with E-state index < -0.39 is 0 Å². The highest BCUT2D eigenvalue weighted by molar-refractivity contribution is 5.88. The van der Waals surface area contributed by atoms with Crippen molar-refractivity contribution in [1.29, 1.82) is 0 Å². The molecule has 11 heteroatoms. The van der Waals surface area contributed by atoms with E-state index in [1.54, 1.807) is 28.4 Å². The number of pyridine rings is 5. The van der Waals surface area contributed by atoms with Gasteiger partial charge in [0.05, 0.1) is 62.6 Å². The molecule has 0 atom stereocenters. The highest BCUT2D eigenvalue weighted by Gasteiger charge is 2.19. The monoisotopic (exact) mass is 821 g/mol. The quantitative estimate of drug-likeness (QED) is 0.0930. The Bertz CT molecular complexity index is 2650. The summed E-state index contributed by atoms with van der Waals surface area (Å²) in [5.74, 6) is 3.15. The van der Waals surface area contributed by atoms with Crippen molar-refractivity contribution in [2.45, 2.75) is 39.3 Å². The summed E-state index contributed by atoms with van der Waals surface area (Å²) in [6.07, 6.45) is 7.49. The molecule has 0 N–H and O–H groups in total. The van der Waals surface area contributed by atoms with Crippen LogP contribution in [0.25, 0.3) is 43.1 Å². The van der Waals surface area contributed by atoms with Gasteiger partial charge in [0.1, 0.15) is 23.0 Å². The zero-order chi connectivity index (χ0) is 42.4. The maximum Gasteiger partial charge on any atom is 0.119 e. The van der Waals surface area contributed by atoms with Crippen LogP contribution in [0.15, 0.2) is 140 Å². The first kappa shape index (κ1) is 40.2. The molecule has 0 aliphatic rings. The van der Waals surface area contributed by atoms with E-state index in [0.717, 1.165) is 100 Å². The number of fused-ring (bicyclic) bond motifs is 4. The molecule has 0 aliphatic heterocycles. The van der Waals surface area contributed by atoms with Crippen molar-refractivity contribution < 1.29 is 18.9 Å². The van der Waals surface area contributed by atoms with E-state index in [9.17, 15) is 0 Å². The third kappa shape index (κ3) is 8.81. The van der Waals surface area contributed by atoms with Crippen LogP contribution in [0.2, 0.25) is 0 Å². The summed E-state index contributed by atoms with van der Waals surface area (Å²) < 4.78 is 22.5. The molecule has 0 aliphatic carbocycles. The van der Waals surface area contributed by atoms with Gasteiger partial charge in [0, 0.05) is 85.6 Å². The van der Waals surface area contributed by atoms with Crippen molar-refractivity contribution in [2.75, 3.05) is 28.4 Å². The second kappa shape index (κ2) is 18.2. The number of methoxy groups -OCH3 is 4. The molecule has 310 valence electrons. The number of hydrogen-bond acceptors (Lipinski definition) is 11. The number of hydrogen-bond donors (Lipinski definition) is 0. The number of rotatable bonds is 16. The molecule has 11 nitrogen and oxygen atoms in total. The molecule has 9 aromatic rings. The first-order valence-corrected chi connectivity index (χ1v) is 20.5. The van der Waals surface area contributed by atoms with Gasteiger partial charge >= 0.3 is 0 Å². The third-order valence-corrected chi connectivity index (χ3v) is 11.4. The van der Waals surface area contributed by atoms with Gasteiger partial charge in [0.2, 0.25) is 0 Å². The van der Waals surface area contributed by atoms with E-state index in [0.29, 0.717) is 39.3 Å². The minimum absolute atomic E-state index is 0.549. The van der Waals surface area contributed by atoms with Crippen LogP contribution in [0.5, 0.6) is 23.0 Å². The maximum absolute atomic E-state index is 5.63. The summed E-state index contributed by atoms with van der Waals surface area (Å²) >= 11 is 0. The lowest BCUT2D eigenvalue weighted by Gasteiger charge is -2.25. The molecule has 4 aromatic carbocycles. The minimum Gasteiger partial charge on any atom is -0.497 e. The van der Waals surface area contributed by atoms with Gasteiger partial charge in [0.25, 0.3) is 0 Å². The van der Waals surface area contributed by atoms with Crippen LogP contribution in [0, 0.1) is 0 Å². The minimum atomic E-state index is 0.549. The Morgan fingerprint density at radius 3 is 0.919 bits per heavy atom. The van der Waals surface area contributed by atoms with Gasteiger partial charge in [-0.25, -0.2) is 0 Å². The lowest BCUT2D eigenvalue weighted by molar-refractivity contribution is 0.234. The van der Waals surface area contributed by atoms with Gasteiger partial charge in [-0.1, -0.05) is 30.3 Å². The Balaban J connectivity index is 1.07. The molecule has 9 rings (SSSR count). The molecule has 0 spiro atoms. The summed E-state index contributed by atoms with van der Waals surface area (Å²) in [5, 5.41) is 8.57. The number of aromatic nitrogens is 5. The second-order valence-corrected chi connectivity index (χ2v) is 15.3. The van der Waals surface area contributed by atoms with Crippen molar-refractivity contribution in [3.8, 4) is 23.0 Å². The van der Waals surface area contributed by atoms with Crippen LogP contribution in [0.3, 0.4) is 0 Å². The lowest BCUT2D eigenvalue weighted by atomic mass is 10.1. The van der Waals surface area contributed by atoms with E-state index in [1.165, 1.54) is 0 Å². The summed E-state index contributed by atoms with van der Waals surface area (Å²) in [4.78, 5) is 29.7. The molecule has 62 heavy (non-hydrogen) atoms. The van der Waals surface area contributed by atoms with E-state index in [1.807, 2.05) is 73.3 Å². The first-order chi connectivity index (χ1) is 30.5. The normalized spacial score (nSPS) is 11.6. The van der Waals surface area contributed by atoms with Crippen LogP contribution < -0.4 is 18.9 Å². The van der Waals surface area contributed by atoms with Crippen molar-refractivity contribution >= 4 is 43.1 Å². The molecule has 0 bridgehead atoms. The molecular weight excluding hydrogens is 775 g/mol. The molecule has 0 amide bonds. The molecule has 0 saturated heterocycles. The van der Waals surface area contributed by atoms with Crippen molar-refractivity contribution in [3.63, 3.8) is 0 Å². The number of benzene rings is 4. The Labute approximate surface area is 360 Å². The van der Waals surface area contributed by atoms with Crippen LogP contribution in [0.4, 0.5) is 0 Å². The largest absolute Gasteiger partial charge is 0.497 e. The zero-order valence-corrected chi connectivity index (χ0v) is 35.3. The van der Waals surface area contributed by atoms with Gasteiger partial charge in [-0.2, -0.15) is 0 Å². The molecule has 5 heterocycles. The second-order valence-electron chi connectivity index (χ2n) is 15.3. The number of ether oxygens (including phenoxy) is 4. The summed E-state index contributed by atoms with van der Waals surface area (Å²) in [5.41, 5.74) is 5.64. The van der Waals surface area contributed by atoms with Gasteiger partial charge in [-0.3, -0.25) is 34.7 Å². The van der Waals surface area contributed by atoms with Crippen LogP contribution in [-0.4, -0.2) is 63.2 Å². The molecule has 0 fully saturated rings. The van der Waals surface area contributed by atoms with E-state index >= 15 is 0 Å². The Hall–Kier alpha value is -7.21. The topological polar surface area (TPSA) is 108 Å². The average Bonchev–Trinajstić information content (AvgIpc) is 3.31. The van der Waals surface area contributed by atoms with E-state index in [4.69, 9.17) is 43.9 Å². The number of nitrogens with zero attached hydrogens (tertiary/aromatic N) is 7. The van der Waals surface area contributed by atoms with E-state index in [-0.39, 0.29) is 0 Å². The molecule has 5 aromatic heterocycles. The van der Waals surface area contributed by atoms with Crippen LogP contribution in [-0.2, 0) is 39.3 Å². The Kier molecular flexibility index (Phi) is 11.8. The first-order valence-electron chi connectivity index (χ1n) is 20.5. The maximum atomic E-state index is 5.63. The fraction of sp³-hybridized carbons (Fsp3) is 0.196. The highest BCUT2D eigenvalue weighted by atomic mass is 16.5. The predicted octanol–water partition coefficient (Wildman–Crippen LogP) is 9.71. The zero-order valence-electron chi connectivity index (χ0n) is 35.3. The van der Waals surface area contributed by atoms with Gasteiger partial charge in [0.15, 0.2) is 0 Å². The van der Waals surface area contributed by atoms with Crippen LogP contribution in [0.1, 0.15) is 34.2 Å². The highest BCUT2D eigenvalue weighted by Crippen LogP contribution is 2.30. The molecule has 0 saturated carbocycles. The van der Waals surface area contributed by atoms with Gasteiger partial charge in [-0.05, 0) is 106 Å². The summed E-state index contributed by atoms with van der Waals surface area (Å²) in [6.45, 7) is 3.31. The van der Waals surface area contributed by atoms with Crippen LogP contribution >= 0.6 is 0 Å². The molecular formula is C51H47N7O4. The van der Waals surface area contributed by atoms with E-state index in [2.05, 4.69) is 76.5 Å². The Morgan fingerprint density at radius 1 is 0.355 bits per heavy atom. The molecule has 0 unspecified atom stereocenters. The summed E-state index contributed by atoms with van der Waals surface area (Å²) in [6, 6.07) is 38.9. The van der Waals surface area contributed by atoms with Gasteiger partial charge in [-0.15, -0.1) is 0 Å². The fourth-order valence-corrected chi connectivity index (χ4v) is 8.19. The lowest BCUT2D eigenvalue weighted by Crippen LogP contribution is -2.26. The Morgan fingerprint density at radius 2 is 0.645 bits per heavy atom. The summed E-state index contributed by atoms with van der Waals surface area (Å²) in [7, 11) is 6.76. The fourth-order valence-electron chi connectivity index (χ4n) is 8.19. The van der Waals surface area contributed by atoms with Crippen molar-refractivity contribution in [3.05, 3.63) is 174 Å². The standard InChI is InChI=1S/C51H47N7O4/c1-59-40-12-8-34-16-20-52-48(44(34)24-40)30-57(31-49-45-25-41(60-2)13-9-35(45)17-21-53-49)28-38-6-5-7-39(56-38)29-58(32-50-46-26-42(61-3)14-10-36(46)18-22-54-50)33-51-47-27-43(62-4)15-11-37(47)19-23-55-51/h5-27H,28-33H2,1-4H3. The smallest absolute Gasteiger partial charge is 0.119 e. The van der Waals surface area contributed by atoms with Crippen molar-refractivity contribution in [1.82, 2.24) is 34.7 Å². The molecule has 0 radical (unpaired) electrons. The van der Waals surface area contributed by atoms with Gasteiger partial charge < -0.3 is 18.9 Å². The van der Waals surface area contributed by atoms with Crippen molar-refractivity contribution in [2.24, 2.45) is 0 Å². The predicted molar refractivity (Wildman–Crippen MR) is 243 cm³/mol. The SMILES string of the molecule is COc1ccc2ccnc(CN(Cc3cccc(CN(Cc4nccc5ccc(OC)cc45)Cc4nccc5ccc(OC)cc45)n3)Cc3nccc4ccc(OC)cc34)c2c1. The third-order valence-electron chi connectivity index (χ3n) is 11.4. The average molecular weight is 822 g/mol.